The lowest BCUT2D eigenvalue weighted by molar-refractivity contribution is -0.139. The quantitative estimate of drug-likeness (QED) is 0.739. The topological polar surface area (TPSA) is 79.8 Å². The van der Waals surface area contributed by atoms with Crippen LogP contribution in [0.15, 0.2) is 65.3 Å². The maximum Gasteiger partial charge on any atom is 0.311 e. The molecule has 1 heterocycles. The van der Waals surface area contributed by atoms with Crippen LogP contribution in [0.4, 0.5) is 17.1 Å². The molecule has 0 bridgehead atoms. The minimum absolute atomic E-state index is 0.0970. The van der Waals surface area contributed by atoms with Crippen molar-refractivity contribution in [1.82, 2.24) is 0 Å². The van der Waals surface area contributed by atoms with E-state index in [1.807, 2.05) is 55.5 Å². The van der Waals surface area contributed by atoms with Crippen LogP contribution in [-0.4, -0.2) is 29.8 Å². The molecule has 3 rings (SSSR count). The van der Waals surface area contributed by atoms with Gasteiger partial charge in [0, 0.05) is 11.4 Å². The van der Waals surface area contributed by atoms with Crippen molar-refractivity contribution < 1.29 is 14.3 Å². The summed E-state index contributed by atoms with van der Waals surface area (Å²) in [5, 5.41) is 6.78. The lowest BCUT2D eigenvalue weighted by atomic mass is 10.2. The molecule has 0 aliphatic carbocycles. The average molecular weight is 395 g/mol. The molecule has 0 fully saturated rings. The second-order valence-corrected chi connectivity index (χ2v) is 7.16. The minimum Gasteiger partial charge on any atom is -0.469 e. The van der Waals surface area contributed by atoms with Gasteiger partial charge in [-0.3, -0.25) is 9.59 Å². The van der Waals surface area contributed by atoms with Gasteiger partial charge in [0.15, 0.2) is 0 Å². The van der Waals surface area contributed by atoms with Gasteiger partial charge in [0.25, 0.3) is 0 Å². The molecule has 2 aromatic carbocycles. The molecule has 0 saturated carbocycles. The highest BCUT2D eigenvalue weighted by Crippen LogP contribution is 2.31. The van der Waals surface area contributed by atoms with Crippen LogP contribution >= 0.6 is 11.8 Å². The largest absolute Gasteiger partial charge is 0.469 e. The molecule has 0 unspecified atom stereocenters. The van der Waals surface area contributed by atoms with Gasteiger partial charge in [0.2, 0.25) is 5.91 Å². The number of rotatable bonds is 5. The van der Waals surface area contributed by atoms with E-state index in [2.05, 4.69) is 15.6 Å². The number of nitrogens with zero attached hydrogens (tertiary/aromatic N) is 1. The zero-order valence-corrected chi connectivity index (χ0v) is 16.5. The first-order chi connectivity index (χ1) is 13.5. The van der Waals surface area contributed by atoms with E-state index in [1.165, 1.54) is 18.9 Å². The number of fused-ring (bicyclic) bond motifs is 1. The Labute approximate surface area is 168 Å². The maximum absolute atomic E-state index is 12.3. The van der Waals surface area contributed by atoms with E-state index in [0.717, 1.165) is 22.6 Å². The summed E-state index contributed by atoms with van der Waals surface area (Å²) in [6, 6.07) is 15.2. The average Bonchev–Trinajstić information content (AvgIpc) is 2.86. The van der Waals surface area contributed by atoms with Gasteiger partial charge in [0.05, 0.1) is 35.7 Å². The number of para-hydroxylation sites is 3. The lowest BCUT2D eigenvalue weighted by Crippen LogP contribution is -2.16. The van der Waals surface area contributed by atoms with Crippen molar-refractivity contribution >= 4 is 45.7 Å². The second-order valence-electron chi connectivity index (χ2n) is 6.17. The fraction of sp³-hybridized carbons (Fsp3) is 0.190. The summed E-state index contributed by atoms with van der Waals surface area (Å²) in [4.78, 5) is 28.7. The molecule has 1 amide bonds. The van der Waals surface area contributed by atoms with Crippen LogP contribution in [0.3, 0.4) is 0 Å². The van der Waals surface area contributed by atoms with E-state index in [0.29, 0.717) is 10.7 Å². The number of carbonyl (C=O) groups excluding carboxylic acids is 2. The molecule has 144 valence electrons. The molecule has 0 aromatic heterocycles. The highest BCUT2D eigenvalue weighted by molar-refractivity contribution is 8.14. The second kappa shape index (κ2) is 9.23. The molecule has 1 aliphatic heterocycles. The molecular weight excluding hydrogens is 374 g/mol. The van der Waals surface area contributed by atoms with E-state index >= 15 is 0 Å². The predicted octanol–water partition coefficient (Wildman–Crippen LogP) is 4.27. The Kier molecular flexibility index (Phi) is 6.49. The third-order valence-electron chi connectivity index (χ3n) is 4.06. The van der Waals surface area contributed by atoms with Crippen LogP contribution in [-0.2, 0) is 14.3 Å². The van der Waals surface area contributed by atoms with Crippen LogP contribution in [0.25, 0.3) is 0 Å². The summed E-state index contributed by atoms with van der Waals surface area (Å²) in [7, 11) is 1.35. The summed E-state index contributed by atoms with van der Waals surface area (Å²) in [6.07, 6.45) is 1.88. The Balaban J connectivity index is 1.73. The first-order valence-electron chi connectivity index (χ1n) is 8.75. The molecule has 28 heavy (non-hydrogen) atoms. The normalized spacial score (nSPS) is 12.6. The number of benzene rings is 2. The summed E-state index contributed by atoms with van der Waals surface area (Å²) in [6.45, 7) is 1.95. The molecule has 0 radical (unpaired) electrons. The Bertz CT molecular complexity index is 953. The summed E-state index contributed by atoms with van der Waals surface area (Å²) >= 11 is 1.32. The number of aryl methyl sites for hydroxylation is 1. The van der Waals surface area contributed by atoms with E-state index < -0.39 is 0 Å². The van der Waals surface area contributed by atoms with E-state index in [9.17, 15) is 9.59 Å². The third kappa shape index (κ3) is 5.23. The molecule has 0 saturated heterocycles. The number of hydrogen-bond acceptors (Lipinski definition) is 6. The minimum atomic E-state index is -0.347. The number of amides is 1. The third-order valence-corrected chi connectivity index (χ3v) is 4.97. The standard InChI is InChI=1S/C21H21N3O3S/c1-14-7-3-4-8-16(14)23-19(25)13-28-20-11-15(12-21(26)27-2)22-17-9-5-6-10-18(17)24-20/h3-11,22H,12-13H2,1-2H3,(H,23,25). The van der Waals surface area contributed by atoms with Crippen molar-refractivity contribution in [3.05, 3.63) is 65.9 Å². The van der Waals surface area contributed by atoms with Gasteiger partial charge >= 0.3 is 5.97 Å². The van der Waals surface area contributed by atoms with Crippen LogP contribution in [0, 0.1) is 6.92 Å². The SMILES string of the molecule is COC(=O)CC1=CC(SCC(=O)Nc2ccccc2C)=Nc2ccccc2N1. The Morgan fingerprint density at radius 3 is 2.68 bits per heavy atom. The smallest absolute Gasteiger partial charge is 0.311 e. The molecular formula is C21H21N3O3S. The molecule has 0 spiro atoms. The molecule has 2 aromatic rings. The van der Waals surface area contributed by atoms with Crippen molar-refractivity contribution in [2.45, 2.75) is 13.3 Å². The van der Waals surface area contributed by atoms with Crippen molar-refractivity contribution in [1.29, 1.82) is 0 Å². The summed E-state index contributed by atoms with van der Waals surface area (Å²) in [5.41, 5.74) is 4.02. The first-order valence-corrected chi connectivity index (χ1v) is 9.74. The van der Waals surface area contributed by atoms with Crippen LogP contribution < -0.4 is 10.6 Å². The van der Waals surface area contributed by atoms with Gasteiger partial charge in [-0.15, -0.1) is 0 Å². The van der Waals surface area contributed by atoms with Gasteiger partial charge in [-0.2, -0.15) is 0 Å². The number of thioether (sulfide) groups is 1. The van der Waals surface area contributed by atoms with Crippen molar-refractivity contribution in [3.8, 4) is 0 Å². The number of esters is 1. The Morgan fingerprint density at radius 1 is 1.14 bits per heavy atom. The van der Waals surface area contributed by atoms with Crippen molar-refractivity contribution in [2.75, 3.05) is 23.5 Å². The Morgan fingerprint density at radius 2 is 1.89 bits per heavy atom. The van der Waals surface area contributed by atoms with Gasteiger partial charge in [-0.1, -0.05) is 42.1 Å². The molecule has 0 atom stereocenters. The van der Waals surface area contributed by atoms with Crippen molar-refractivity contribution in [2.24, 2.45) is 4.99 Å². The molecule has 2 N–H and O–H groups in total. The van der Waals surface area contributed by atoms with Crippen LogP contribution in [0.5, 0.6) is 0 Å². The van der Waals surface area contributed by atoms with Crippen LogP contribution in [0.2, 0.25) is 0 Å². The van der Waals surface area contributed by atoms with Gasteiger partial charge < -0.3 is 15.4 Å². The zero-order valence-electron chi connectivity index (χ0n) is 15.7. The van der Waals surface area contributed by atoms with E-state index in [-0.39, 0.29) is 24.1 Å². The molecule has 1 aliphatic rings. The monoisotopic (exact) mass is 395 g/mol. The van der Waals surface area contributed by atoms with Crippen molar-refractivity contribution in [3.63, 3.8) is 0 Å². The lowest BCUT2D eigenvalue weighted by Gasteiger charge is -2.09. The number of methoxy groups -OCH3 is 1. The molecule has 6 nitrogen and oxygen atoms in total. The number of hydrogen-bond donors (Lipinski definition) is 2. The number of aliphatic imine (C=N–C) groups is 1. The highest BCUT2D eigenvalue weighted by atomic mass is 32.2. The fourth-order valence-electron chi connectivity index (χ4n) is 2.62. The maximum atomic E-state index is 12.3. The molecule has 7 heteroatoms. The van der Waals surface area contributed by atoms with Gasteiger partial charge in [-0.05, 0) is 36.8 Å². The predicted molar refractivity (Wildman–Crippen MR) is 114 cm³/mol. The Hall–Kier alpha value is -3.06. The first kappa shape index (κ1) is 19.7. The van der Waals surface area contributed by atoms with E-state index in [1.54, 1.807) is 6.08 Å². The summed E-state index contributed by atoms with van der Waals surface area (Å²) in [5.74, 6) is -0.257. The van der Waals surface area contributed by atoms with Crippen LogP contribution in [0.1, 0.15) is 12.0 Å². The zero-order chi connectivity index (χ0) is 19.9. The number of nitrogens with one attached hydrogen (secondary N) is 2. The van der Waals surface area contributed by atoms with E-state index in [4.69, 9.17) is 4.74 Å². The van der Waals surface area contributed by atoms with Gasteiger partial charge in [0.1, 0.15) is 0 Å². The number of ether oxygens (including phenoxy) is 1. The highest BCUT2D eigenvalue weighted by Gasteiger charge is 2.15. The number of anilines is 2. The number of carbonyl (C=O) groups is 2. The summed E-state index contributed by atoms with van der Waals surface area (Å²) < 4.78 is 4.76. The fourth-order valence-corrected chi connectivity index (χ4v) is 3.36. The van der Waals surface area contributed by atoms with Gasteiger partial charge in [-0.25, -0.2) is 4.99 Å².